The Morgan fingerprint density at radius 1 is 1.10 bits per heavy atom. The number of sulfone groups is 1. The van der Waals surface area contributed by atoms with Crippen LogP contribution in [-0.2, 0) is 20.3 Å². The van der Waals surface area contributed by atoms with E-state index < -0.39 is 27.3 Å². The molecule has 3 heterocycles. The van der Waals surface area contributed by atoms with Gasteiger partial charge in [0.25, 0.3) is 0 Å². The number of anilines is 1. The number of carbonyl (C=O) groups excluding carboxylic acids is 1. The molecule has 14 heteroatoms. The van der Waals surface area contributed by atoms with Gasteiger partial charge in [0.05, 0.1) is 29.0 Å². The Balaban J connectivity index is 1.62. The minimum atomic E-state index is -3.59. The molecule has 5 rings (SSSR count). The standard InChI is InChI=1S/C28H27FN6O5S2/c1-28(2,3)40-27(36)35(4)20-12-17(29)11-19-21-23(32-22(19)20)33-25(34-24(21)41-15-16-9-7-6-8-10-16)39-18-13-30-26(31-14-18)42(5,37)38/h6-14H,15H2,1-5H3,(H,32,33,34). The fourth-order valence-corrected chi connectivity index (χ4v) is 5.49. The highest BCUT2D eigenvalue weighted by Crippen LogP contribution is 2.39. The van der Waals surface area contributed by atoms with E-state index in [9.17, 15) is 13.2 Å². The normalized spacial score (nSPS) is 12.0. The van der Waals surface area contributed by atoms with Crippen molar-refractivity contribution in [1.29, 1.82) is 0 Å². The van der Waals surface area contributed by atoms with Crippen LogP contribution in [-0.4, -0.2) is 58.3 Å². The van der Waals surface area contributed by atoms with Crippen molar-refractivity contribution in [3.8, 4) is 11.8 Å². The van der Waals surface area contributed by atoms with E-state index in [1.54, 1.807) is 20.8 Å². The lowest BCUT2D eigenvalue weighted by Gasteiger charge is -2.25. The fraction of sp³-hybridized carbons (Fsp3) is 0.250. The van der Waals surface area contributed by atoms with Crippen molar-refractivity contribution in [3.63, 3.8) is 0 Å². The van der Waals surface area contributed by atoms with Gasteiger partial charge in [0.1, 0.15) is 22.1 Å². The van der Waals surface area contributed by atoms with Crippen LogP contribution < -0.4 is 9.64 Å². The molecule has 5 aromatic rings. The largest absolute Gasteiger partial charge is 0.443 e. The molecular formula is C28H27FN6O5S2. The molecule has 0 aliphatic heterocycles. The highest BCUT2D eigenvalue weighted by molar-refractivity contribution is 7.98. The van der Waals surface area contributed by atoms with E-state index in [-0.39, 0.29) is 22.6 Å². The van der Waals surface area contributed by atoms with Crippen LogP contribution in [0.4, 0.5) is 14.9 Å². The topological polar surface area (TPSA) is 140 Å². The number of nitrogens with one attached hydrogen (secondary N) is 1. The van der Waals surface area contributed by atoms with Gasteiger partial charge in [-0.05, 0) is 38.5 Å². The van der Waals surface area contributed by atoms with Gasteiger partial charge in [-0.3, -0.25) is 4.90 Å². The van der Waals surface area contributed by atoms with E-state index in [1.165, 1.54) is 48.2 Å². The maximum atomic E-state index is 15.0. The molecule has 0 unspecified atom stereocenters. The molecule has 0 saturated carbocycles. The third-order valence-electron chi connectivity index (χ3n) is 5.84. The summed E-state index contributed by atoms with van der Waals surface area (Å²) in [6.07, 6.45) is 2.77. The van der Waals surface area contributed by atoms with Gasteiger partial charge < -0.3 is 14.5 Å². The van der Waals surface area contributed by atoms with Crippen LogP contribution >= 0.6 is 11.8 Å². The van der Waals surface area contributed by atoms with Gasteiger partial charge in [0, 0.05) is 24.4 Å². The van der Waals surface area contributed by atoms with Crippen molar-refractivity contribution in [2.75, 3.05) is 18.2 Å². The summed E-state index contributed by atoms with van der Waals surface area (Å²) in [7, 11) is -2.09. The van der Waals surface area contributed by atoms with Crippen LogP contribution in [0, 0.1) is 5.82 Å². The van der Waals surface area contributed by atoms with Gasteiger partial charge >= 0.3 is 12.1 Å². The number of aromatic amines is 1. The third-order valence-corrected chi connectivity index (χ3v) is 7.76. The number of fused-ring (bicyclic) bond motifs is 3. The van der Waals surface area contributed by atoms with Crippen LogP contribution in [0.3, 0.4) is 0 Å². The van der Waals surface area contributed by atoms with Crippen LogP contribution in [0.15, 0.2) is 65.0 Å². The van der Waals surface area contributed by atoms with Crippen LogP contribution in [0.1, 0.15) is 26.3 Å². The first-order valence-electron chi connectivity index (χ1n) is 12.6. The highest BCUT2D eigenvalue weighted by atomic mass is 32.2. The number of hydrogen-bond acceptors (Lipinski definition) is 10. The van der Waals surface area contributed by atoms with Gasteiger partial charge in [-0.1, -0.05) is 30.3 Å². The molecule has 3 aromatic heterocycles. The van der Waals surface area contributed by atoms with Crippen molar-refractivity contribution in [1.82, 2.24) is 24.9 Å². The number of hydrogen-bond donors (Lipinski definition) is 1. The smallest absolute Gasteiger partial charge is 0.414 e. The molecule has 1 N–H and O–H groups in total. The van der Waals surface area contributed by atoms with E-state index in [4.69, 9.17) is 9.47 Å². The Labute approximate surface area is 245 Å². The number of nitrogens with zero attached hydrogens (tertiary/aromatic N) is 5. The lowest BCUT2D eigenvalue weighted by atomic mass is 10.1. The summed E-state index contributed by atoms with van der Waals surface area (Å²) in [6.45, 7) is 5.24. The lowest BCUT2D eigenvalue weighted by Crippen LogP contribution is -2.34. The van der Waals surface area contributed by atoms with E-state index in [0.717, 1.165) is 11.8 Å². The second kappa shape index (κ2) is 11.2. The molecule has 42 heavy (non-hydrogen) atoms. The second-order valence-electron chi connectivity index (χ2n) is 10.4. The number of carbonyl (C=O) groups is 1. The molecule has 0 radical (unpaired) electrons. The number of amides is 1. The number of benzene rings is 2. The summed E-state index contributed by atoms with van der Waals surface area (Å²) < 4.78 is 49.7. The Morgan fingerprint density at radius 3 is 2.43 bits per heavy atom. The molecule has 0 fully saturated rings. The maximum absolute atomic E-state index is 15.0. The summed E-state index contributed by atoms with van der Waals surface area (Å²) in [5, 5.41) is 1.17. The SMILES string of the molecule is CN(C(=O)OC(C)(C)C)c1cc(F)cc2c1[nH]c1nc(Oc3cnc(S(C)(=O)=O)nc3)nc(SCc3ccccc3)c12. The van der Waals surface area contributed by atoms with Crippen molar-refractivity contribution in [2.45, 2.75) is 42.3 Å². The van der Waals surface area contributed by atoms with E-state index >= 15 is 4.39 Å². The first-order chi connectivity index (χ1) is 19.8. The molecule has 0 saturated heterocycles. The van der Waals surface area contributed by atoms with E-state index in [2.05, 4.69) is 24.9 Å². The van der Waals surface area contributed by atoms with Crippen molar-refractivity contribution in [3.05, 3.63) is 66.2 Å². The van der Waals surface area contributed by atoms with Crippen LogP contribution in [0.25, 0.3) is 21.9 Å². The predicted molar refractivity (Wildman–Crippen MR) is 157 cm³/mol. The maximum Gasteiger partial charge on any atom is 0.414 e. The quantitative estimate of drug-likeness (QED) is 0.135. The zero-order chi connectivity index (χ0) is 30.2. The number of thioether (sulfide) groups is 1. The summed E-state index contributed by atoms with van der Waals surface area (Å²) in [5.41, 5.74) is 1.33. The molecule has 0 aliphatic rings. The Kier molecular flexibility index (Phi) is 7.77. The van der Waals surface area contributed by atoms with Gasteiger partial charge in [-0.25, -0.2) is 27.6 Å². The van der Waals surface area contributed by atoms with E-state index in [0.29, 0.717) is 32.7 Å². The van der Waals surface area contributed by atoms with Gasteiger partial charge in [0.15, 0.2) is 5.75 Å². The van der Waals surface area contributed by atoms with Crippen molar-refractivity contribution >= 4 is 55.3 Å². The summed E-state index contributed by atoms with van der Waals surface area (Å²) in [4.78, 5) is 34.1. The third kappa shape index (κ3) is 6.44. The molecule has 11 nitrogen and oxygen atoms in total. The first-order valence-corrected chi connectivity index (χ1v) is 15.5. The molecule has 0 atom stereocenters. The Bertz CT molecular complexity index is 1890. The molecule has 0 aliphatic carbocycles. The lowest BCUT2D eigenvalue weighted by molar-refractivity contribution is 0.0589. The van der Waals surface area contributed by atoms with E-state index in [1.807, 2.05) is 30.3 Å². The number of rotatable bonds is 7. The van der Waals surface area contributed by atoms with Gasteiger partial charge in [0.2, 0.25) is 15.0 Å². The summed E-state index contributed by atoms with van der Waals surface area (Å²) >= 11 is 1.40. The minimum Gasteiger partial charge on any atom is -0.443 e. The molecule has 0 bridgehead atoms. The average molecular weight is 611 g/mol. The fourth-order valence-electron chi connectivity index (χ4n) is 4.02. The molecule has 2 aromatic carbocycles. The zero-order valence-corrected chi connectivity index (χ0v) is 25.0. The number of aromatic nitrogens is 5. The second-order valence-corrected chi connectivity index (χ2v) is 13.3. The predicted octanol–water partition coefficient (Wildman–Crippen LogP) is 5.90. The minimum absolute atomic E-state index is 0.0668. The van der Waals surface area contributed by atoms with Crippen molar-refractivity contribution in [2.24, 2.45) is 0 Å². The van der Waals surface area contributed by atoms with Crippen LogP contribution in [0.5, 0.6) is 11.8 Å². The van der Waals surface area contributed by atoms with Gasteiger partial charge in [-0.15, -0.1) is 11.8 Å². The number of ether oxygens (including phenoxy) is 2. The molecule has 1 amide bonds. The number of H-pyrrole nitrogens is 1. The average Bonchev–Trinajstić information content (AvgIpc) is 3.28. The monoisotopic (exact) mass is 610 g/mol. The number of halogens is 1. The van der Waals surface area contributed by atoms with Gasteiger partial charge in [-0.2, -0.15) is 9.97 Å². The Morgan fingerprint density at radius 2 is 1.79 bits per heavy atom. The summed E-state index contributed by atoms with van der Waals surface area (Å²) in [5.74, 6) is 0.107. The van der Waals surface area contributed by atoms with Crippen molar-refractivity contribution < 1.29 is 27.1 Å². The molecular weight excluding hydrogens is 583 g/mol. The zero-order valence-electron chi connectivity index (χ0n) is 23.4. The first kappa shape index (κ1) is 29.2. The highest BCUT2D eigenvalue weighted by Gasteiger charge is 2.25. The molecule has 218 valence electrons. The molecule has 0 spiro atoms. The Hall–Kier alpha value is -4.30. The summed E-state index contributed by atoms with van der Waals surface area (Å²) in [6, 6.07) is 12.3. The van der Waals surface area contributed by atoms with Crippen LogP contribution in [0.2, 0.25) is 0 Å².